The van der Waals surface area contributed by atoms with Crippen molar-refractivity contribution in [1.82, 2.24) is 20.1 Å². The number of alkyl halides is 3. The van der Waals surface area contributed by atoms with Crippen LogP contribution in [0, 0.1) is 12.7 Å². The van der Waals surface area contributed by atoms with Gasteiger partial charge in [-0.15, -0.1) is 10.2 Å². The van der Waals surface area contributed by atoms with Crippen molar-refractivity contribution in [3.05, 3.63) is 100 Å². The predicted molar refractivity (Wildman–Crippen MR) is 134 cm³/mol. The Morgan fingerprint density at radius 1 is 1.05 bits per heavy atom. The van der Waals surface area contributed by atoms with E-state index in [1.54, 1.807) is 28.8 Å². The quantitative estimate of drug-likeness (QED) is 0.192. The molecule has 0 radical (unpaired) electrons. The SMILES string of the molecule is Cc1ccc(Cl)cc1-n1c(CNC(=O)Nc2ccccc2C(F)(F)F)nnc1SCc1ccc(F)cc1. The van der Waals surface area contributed by atoms with E-state index in [1.165, 1.54) is 42.1 Å². The number of aromatic nitrogens is 3. The number of thioether (sulfide) groups is 1. The van der Waals surface area contributed by atoms with Crippen LogP contribution in [-0.2, 0) is 18.5 Å². The molecule has 192 valence electrons. The first kappa shape index (κ1) is 26.5. The van der Waals surface area contributed by atoms with Crippen LogP contribution in [0.25, 0.3) is 5.69 Å². The minimum absolute atomic E-state index is 0.129. The van der Waals surface area contributed by atoms with E-state index >= 15 is 0 Å². The number of rotatable bonds is 7. The highest BCUT2D eigenvalue weighted by molar-refractivity contribution is 7.98. The van der Waals surface area contributed by atoms with Crippen LogP contribution in [-0.4, -0.2) is 20.8 Å². The molecule has 12 heteroatoms. The Kier molecular flexibility index (Phi) is 8.03. The van der Waals surface area contributed by atoms with Crippen LogP contribution >= 0.6 is 23.4 Å². The van der Waals surface area contributed by atoms with Gasteiger partial charge >= 0.3 is 12.2 Å². The summed E-state index contributed by atoms with van der Waals surface area (Å²) in [5.41, 5.74) is 1.08. The van der Waals surface area contributed by atoms with E-state index in [0.29, 0.717) is 27.4 Å². The number of para-hydroxylation sites is 1. The number of carbonyl (C=O) groups is 1. The molecule has 0 unspecified atom stereocenters. The zero-order chi connectivity index (χ0) is 26.6. The number of halogens is 5. The first-order valence-electron chi connectivity index (χ1n) is 10.9. The largest absolute Gasteiger partial charge is 0.418 e. The summed E-state index contributed by atoms with van der Waals surface area (Å²) in [7, 11) is 0. The van der Waals surface area contributed by atoms with E-state index in [2.05, 4.69) is 20.8 Å². The standard InChI is InChI=1S/C25H20ClF4N5OS/c1-15-6-9-17(26)12-21(15)35-22(33-34-24(35)37-14-16-7-10-18(27)11-8-16)13-31-23(36)32-20-5-3-2-4-19(20)25(28,29)30/h2-12H,13-14H2,1H3,(H2,31,32,36). The monoisotopic (exact) mass is 549 g/mol. The maximum absolute atomic E-state index is 13.3. The molecule has 0 aliphatic carbocycles. The number of anilines is 1. The molecule has 0 saturated heterocycles. The maximum atomic E-state index is 13.3. The molecular weight excluding hydrogens is 530 g/mol. The van der Waals surface area contributed by atoms with Crippen LogP contribution in [0.3, 0.4) is 0 Å². The molecule has 6 nitrogen and oxygen atoms in total. The van der Waals surface area contributed by atoms with Gasteiger partial charge in [0.25, 0.3) is 0 Å². The van der Waals surface area contributed by atoms with E-state index in [1.807, 2.05) is 13.0 Å². The van der Waals surface area contributed by atoms with E-state index in [4.69, 9.17) is 11.6 Å². The van der Waals surface area contributed by atoms with E-state index in [9.17, 15) is 22.4 Å². The first-order valence-corrected chi connectivity index (χ1v) is 12.3. The minimum atomic E-state index is -4.62. The van der Waals surface area contributed by atoms with Gasteiger partial charge in [0.15, 0.2) is 11.0 Å². The fourth-order valence-electron chi connectivity index (χ4n) is 3.47. The van der Waals surface area contributed by atoms with Crippen molar-refractivity contribution < 1.29 is 22.4 Å². The number of urea groups is 1. The number of aryl methyl sites for hydroxylation is 1. The van der Waals surface area contributed by atoms with E-state index in [-0.39, 0.29) is 18.0 Å². The van der Waals surface area contributed by atoms with Gasteiger partial charge in [-0.1, -0.05) is 53.7 Å². The average Bonchev–Trinajstić information content (AvgIpc) is 3.26. The van der Waals surface area contributed by atoms with Gasteiger partial charge in [0.1, 0.15) is 5.82 Å². The van der Waals surface area contributed by atoms with Gasteiger partial charge in [0, 0.05) is 10.8 Å². The molecule has 37 heavy (non-hydrogen) atoms. The molecule has 4 rings (SSSR count). The molecule has 0 bridgehead atoms. The molecular formula is C25H20ClF4N5OS. The summed E-state index contributed by atoms with van der Waals surface area (Å²) in [4.78, 5) is 12.5. The third-order valence-corrected chi connectivity index (χ3v) is 6.52. The molecule has 1 heterocycles. The van der Waals surface area contributed by atoms with Gasteiger partial charge in [-0.2, -0.15) is 13.2 Å². The van der Waals surface area contributed by atoms with Crippen molar-refractivity contribution in [2.75, 3.05) is 5.32 Å². The highest BCUT2D eigenvalue weighted by Gasteiger charge is 2.33. The lowest BCUT2D eigenvalue weighted by molar-refractivity contribution is -0.136. The lowest BCUT2D eigenvalue weighted by Crippen LogP contribution is -2.30. The Labute approximate surface area is 219 Å². The Bertz CT molecular complexity index is 1410. The minimum Gasteiger partial charge on any atom is -0.331 e. The average molecular weight is 550 g/mol. The van der Waals surface area contributed by atoms with Gasteiger partial charge in [0.05, 0.1) is 23.5 Å². The maximum Gasteiger partial charge on any atom is 0.418 e. The van der Waals surface area contributed by atoms with Gasteiger partial charge in [-0.05, 0) is 54.4 Å². The Morgan fingerprint density at radius 2 is 1.78 bits per heavy atom. The molecule has 0 aliphatic rings. The fraction of sp³-hybridized carbons (Fsp3) is 0.160. The zero-order valence-electron chi connectivity index (χ0n) is 19.3. The Hall–Kier alpha value is -3.57. The van der Waals surface area contributed by atoms with Crippen molar-refractivity contribution in [3.63, 3.8) is 0 Å². The zero-order valence-corrected chi connectivity index (χ0v) is 20.9. The number of amides is 2. The highest BCUT2D eigenvalue weighted by atomic mass is 35.5. The second kappa shape index (κ2) is 11.2. The second-order valence-corrected chi connectivity index (χ2v) is 9.31. The summed E-state index contributed by atoms with van der Waals surface area (Å²) in [6, 6.07) is 15.2. The summed E-state index contributed by atoms with van der Waals surface area (Å²) in [6.45, 7) is 1.74. The lowest BCUT2D eigenvalue weighted by atomic mass is 10.1. The summed E-state index contributed by atoms with van der Waals surface area (Å²) in [6.07, 6.45) is -4.62. The van der Waals surface area contributed by atoms with Crippen molar-refractivity contribution >= 4 is 35.1 Å². The summed E-state index contributed by atoms with van der Waals surface area (Å²) < 4.78 is 54.7. The third-order valence-electron chi connectivity index (χ3n) is 5.28. The highest BCUT2D eigenvalue weighted by Crippen LogP contribution is 2.34. The first-order chi connectivity index (χ1) is 17.6. The fourth-order valence-corrected chi connectivity index (χ4v) is 4.55. The van der Waals surface area contributed by atoms with Crippen LogP contribution in [0.15, 0.2) is 71.9 Å². The number of hydrogen-bond acceptors (Lipinski definition) is 4. The predicted octanol–water partition coefficient (Wildman–Crippen LogP) is 7.00. The van der Waals surface area contributed by atoms with Gasteiger partial charge in [-0.3, -0.25) is 4.57 Å². The topological polar surface area (TPSA) is 71.8 Å². The molecule has 0 atom stereocenters. The van der Waals surface area contributed by atoms with Gasteiger partial charge < -0.3 is 10.6 Å². The van der Waals surface area contributed by atoms with Crippen LogP contribution in [0.2, 0.25) is 5.02 Å². The molecule has 2 N–H and O–H groups in total. The summed E-state index contributed by atoms with van der Waals surface area (Å²) in [5.74, 6) is 0.474. The molecule has 2 amide bonds. The van der Waals surface area contributed by atoms with Gasteiger partial charge in [0.2, 0.25) is 0 Å². The second-order valence-electron chi connectivity index (χ2n) is 7.93. The van der Waals surface area contributed by atoms with Crippen LogP contribution in [0.5, 0.6) is 0 Å². The molecule has 3 aromatic carbocycles. The number of nitrogens with zero attached hydrogens (tertiary/aromatic N) is 3. The molecule has 0 aliphatic heterocycles. The Balaban J connectivity index is 1.56. The lowest BCUT2D eigenvalue weighted by Gasteiger charge is -2.15. The summed E-state index contributed by atoms with van der Waals surface area (Å²) >= 11 is 7.58. The normalized spacial score (nSPS) is 11.4. The summed E-state index contributed by atoms with van der Waals surface area (Å²) in [5, 5.41) is 14.2. The van der Waals surface area contributed by atoms with Crippen molar-refractivity contribution in [1.29, 1.82) is 0 Å². The molecule has 0 spiro atoms. The van der Waals surface area contributed by atoms with Crippen molar-refractivity contribution in [3.8, 4) is 5.69 Å². The Morgan fingerprint density at radius 3 is 2.51 bits per heavy atom. The van der Waals surface area contributed by atoms with E-state index in [0.717, 1.165) is 17.2 Å². The molecule has 0 saturated carbocycles. The van der Waals surface area contributed by atoms with Gasteiger partial charge in [-0.25, -0.2) is 9.18 Å². The number of carbonyl (C=O) groups excluding carboxylic acids is 1. The van der Waals surface area contributed by atoms with Crippen LogP contribution < -0.4 is 10.6 Å². The molecule has 1 aromatic heterocycles. The third kappa shape index (κ3) is 6.60. The smallest absolute Gasteiger partial charge is 0.331 e. The number of hydrogen-bond donors (Lipinski definition) is 2. The van der Waals surface area contributed by atoms with Crippen molar-refractivity contribution in [2.45, 2.75) is 30.6 Å². The van der Waals surface area contributed by atoms with E-state index < -0.39 is 17.8 Å². The molecule has 4 aromatic rings. The van der Waals surface area contributed by atoms with Crippen LogP contribution in [0.4, 0.5) is 28.0 Å². The number of benzene rings is 3. The van der Waals surface area contributed by atoms with Crippen molar-refractivity contribution in [2.24, 2.45) is 0 Å². The number of nitrogens with one attached hydrogen (secondary N) is 2. The molecule has 0 fully saturated rings. The van der Waals surface area contributed by atoms with Crippen LogP contribution in [0.1, 0.15) is 22.5 Å².